The number of ether oxygens (including phenoxy) is 1. The molecule has 0 spiro atoms. The van der Waals surface area contributed by atoms with Crippen LogP contribution in [-0.4, -0.2) is 20.9 Å². The van der Waals surface area contributed by atoms with E-state index in [0.717, 1.165) is 36.1 Å². The highest BCUT2D eigenvalue weighted by atomic mass is 32.1. The number of nitro benzene ring substituents is 1. The third-order valence-electron chi connectivity index (χ3n) is 4.96. The Morgan fingerprint density at radius 3 is 2.97 bits per heavy atom. The molecular formula is C20H19N3O5S. The Balaban J connectivity index is 1.39. The first kappa shape index (κ1) is 19.3. The van der Waals surface area contributed by atoms with Crippen molar-refractivity contribution in [3.63, 3.8) is 0 Å². The molecular weight excluding hydrogens is 394 g/mol. The fourth-order valence-electron chi connectivity index (χ4n) is 3.54. The van der Waals surface area contributed by atoms with Crippen molar-refractivity contribution in [3.05, 3.63) is 66.6 Å². The number of thiophene rings is 1. The molecule has 0 unspecified atom stereocenters. The van der Waals surface area contributed by atoms with Gasteiger partial charge in [-0.1, -0.05) is 12.1 Å². The highest BCUT2D eigenvalue weighted by molar-refractivity contribution is 7.18. The van der Waals surface area contributed by atoms with E-state index in [0.29, 0.717) is 16.8 Å². The Bertz CT molecular complexity index is 1150. The summed E-state index contributed by atoms with van der Waals surface area (Å²) in [6.45, 7) is -0.0405. The molecule has 1 aromatic carbocycles. The van der Waals surface area contributed by atoms with Crippen molar-refractivity contribution in [2.75, 3.05) is 0 Å². The number of aryl methyl sites for hydroxylation is 3. The minimum Gasteiger partial charge on any atom is -0.461 e. The Kier molecular flexibility index (Phi) is 5.39. The van der Waals surface area contributed by atoms with Crippen molar-refractivity contribution in [3.8, 4) is 0 Å². The molecule has 0 amide bonds. The highest BCUT2D eigenvalue weighted by Crippen LogP contribution is 2.33. The van der Waals surface area contributed by atoms with Crippen LogP contribution < -0.4 is 5.56 Å². The van der Waals surface area contributed by atoms with Gasteiger partial charge in [0.15, 0.2) is 0 Å². The first-order valence-electron chi connectivity index (χ1n) is 9.43. The minimum atomic E-state index is -0.494. The molecule has 2 aromatic heterocycles. The van der Waals surface area contributed by atoms with Gasteiger partial charge in [-0.15, -0.1) is 11.3 Å². The molecule has 2 heterocycles. The van der Waals surface area contributed by atoms with Crippen LogP contribution in [0.2, 0.25) is 0 Å². The Morgan fingerprint density at radius 2 is 2.14 bits per heavy atom. The summed E-state index contributed by atoms with van der Waals surface area (Å²) in [7, 11) is 0. The van der Waals surface area contributed by atoms with Gasteiger partial charge in [0.25, 0.3) is 11.2 Å². The normalized spacial score (nSPS) is 13.2. The number of carbonyl (C=O) groups excluding carboxylic acids is 1. The summed E-state index contributed by atoms with van der Waals surface area (Å²) in [5, 5.41) is 11.5. The molecule has 0 saturated heterocycles. The van der Waals surface area contributed by atoms with Crippen LogP contribution in [0.3, 0.4) is 0 Å². The maximum atomic E-state index is 12.5. The predicted molar refractivity (Wildman–Crippen MR) is 108 cm³/mol. The van der Waals surface area contributed by atoms with Crippen molar-refractivity contribution < 1.29 is 14.5 Å². The lowest BCUT2D eigenvalue weighted by atomic mass is 9.97. The van der Waals surface area contributed by atoms with E-state index in [1.54, 1.807) is 23.5 Å². The number of fused-ring (bicyclic) bond motifs is 3. The third kappa shape index (κ3) is 4.19. The lowest BCUT2D eigenvalue weighted by molar-refractivity contribution is -0.384. The molecule has 1 aliphatic carbocycles. The van der Waals surface area contributed by atoms with Gasteiger partial charge in [-0.05, 0) is 36.8 Å². The van der Waals surface area contributed by atoms with Crippen LogP contribution in [0.1, 0.15) is 41.1 Å². The largest absolute Gasteiger partial charge is 0.461 e. The highest BCUT2D eigenvalue weighted by Gasteiger charge is 2.20. The van der Waals surface area contributed by atoms with Gasteiger partial charge in [-0.3, -0.25) is 19.7 Å². The zero-order valence-corrected chi connectivity index (χ0v) is 16.4. The number of hydrogen-bond acceptors (Lipinski definition) is 7. The van der Waals surface area contributed by atoms with Gasteiger partial charge in [0, 0.05) is 23.4 Å². The second-order valence-corrected chi connectivity index (χ2v) is 8.07. The number of esters is 1. The second-order valence-electron chi connectivity index (χ2n) is 6.99. The van der Waals surface area contributed by atoms with Crippen molar-refractivity contribution in [2.24, 2.45) is 0 Å². The molecule has 8 nitrogen and oxygen atoms in total. The smallest absolute Gasteiger partial charge is 0.306 e. The van der Waals surface area contributed by atoms with E-state index in [4.69, 9.17) is 4.74 Å². The fourth-order valence-corrected chi connectivity index (χ4v) is 4.82. The number of H-pyrrole nitrogens is 1. The molecule has 4 rings (SSSR count). The zero-order valence-electron chi connectivity index (χ0n) is 15.6. The molecule has 29 heavy (non-hydrogen) atoms. The van der Waals surface area contributed by atoms with Crippen LogP contribution in [0.4, 0.5) is 5.69 Å². The Labute approximate surface area is 169 Å². The minimum absolute atomic E-state index is 0.0405. The summed E-state index contributed by atoms with van der Waals surface area (Å²) in [4.78, 5) is 44.2. The van der Waals surface area contributed by atoms with Crippen LogP contribution in [0.15, 0.2) is 29.1 Å². The van der Waals surface area contributed by atoms with Gasteiger partial charge >= 0.3 is 5.97 Å². The van der Waals surface area contributed by atoms with E-state index in [1.807, 2.05) is 0 Å². The van der Waals surface area contributed by atoms with E-state index in [1.165, 1.54) is 17.0 Å². The SMILES string of the molecule is O=C(CCc1nc2sc3c(c2c(=O)[nH]1)CCCC3)OCc1cccc([N+](=O)[O-])c1. The topological polar surface area (TPSA) is 115 Å². The predicted octanol–water partition coefficient (Wildman–Crippen LogP) is 3.45. The van der Waals surface area contributed by atoms with Crippen LogP contribution >= 0.6 is 11.3 Å². The van der Waals surface area contributed by atoms with E-state index in [2.05, 4.69) is 9.97 Å². The van der Waals surface area contributed by atoms with Crippen LogP contribution in [0, 0.1) is 10.1 Å². The van der Waals surface area contributed by atoms with E-state index in [-0.39, 0.29) is 30.7 Å². The number of nitro groups is 1. The third-order valence-corrected chi connectivity index (χ3v) is 6.15. The summed E-state index contributed by atoms with van der Waals surface area (Å²) >= 11 is 1.57. The summed E-state index contributed by atoms with van der Waals surface area (Å²) < 4.78 is 5.19. The number of benzene rings is 1. The summed E-state index contributed by atoms with van der Waals surface area (Å²) in [6.07, 6.45) is 4.48. The van der Waals surface area contributed by atoms with Crippen molar-refractivity contribution in [2.45, 2.75) is 45.1 Å². The summed E-state index contributed by atoms with van der Waals surface area (Å²) in [6, 6.07) is 5.96. The molecule has 0 atom stereocenters. The molecule has 3 aromatic rings. The first-order chi connectivity index (χ1) is 14.0. The zero-order chi connectivity index (χ0) is 20.4. The van der Waals surface area contributed by atoms with E-state index >= 15 is 0 Å². The number of aromatic nitrogens is 2. The summed E-state index contributed by atoms with van der Waals surface area (Å²) in [5.41, 5.74) is 1.49. The molecule has 9 heteroatoms. The Hall–Kier alpha value is -3.07. The molecule has 0 saturated carbocycles. The van der Waals surface area contributed by atoms with E-state index < -0.39 is 10.9 Å². The number of hydrogen-bond donors (Lipinski definition) is 1. The molecule has 0 bridgehead atoms. The number of nitrogens with one attached hydrogen (secondary N) is 1. The number of aromatic amines is 1. The van der Waals surface area contributed by atoms with Crippen LogP contribution in [0.5, 0.6) is 0 Å². The maximum absolute atomic E-state index is 12.5. The maximum Gasteiger partial charge on any atom is 0.306 e. The quantitative estimate of drug-likeness (QED) is 0.376. The number of rotatable bonds is 6. The van der Waals surface area contributed by atoms with Gasteiger partial charge in [0.2, 0.25) is 0 Å². The molecule has 1 aliphatic rings. The fraction of sp³-hybridized carbons (Fsp3) is 0.350. The lowest BCUT2D eigenvalue weighted by Crippen LogP contribution is -2.14. The monoisotopic (exact) mass is 413 g/mol. The van der Waals surface area contributed by atoms with Gasteiger partial charge in [0.1, 0.15) is 17.3 Å². The number of nitrogens with zero attached hydrogens (tertiary/aromatic N) is 2. The average molecular weight is 413 g/mol. The van der Waals surface area contributed by atoms with Crippen LogP contribution in [0.25, 0.3) is 10.2 Å². The van der Waals surface area contributed by atoms with Crippen molar-refractivity contribution in [1.29, 1.82) is 0 Å². The van der Waals surface area contributed by atoms with Crippen LogP contribution in [-0.2, 0) is 35.4 Å². The standard InChI is InChI=1S/C20H19N3O5S/c24-17(28-11-12-4-3-5-13(10-12)23(26)27)9-8-16-21-19(25)18-14-6-1-2-7-15(14)29-20(18)22-16/h3-5,10H,1-2,6-9,11H2,(H,21,22,25). The van der Waals surface area contributed by atoms with Crippen molar-refractivity contribution in [1.82, 2.24) is 9.97 Å². The first-order valence-corrected chi connectivity index (χ1v) is 10.3. The van der Waals surface area contributed by atoms with E-state index in [9.17, 15) is 19.7 Å². The molecule has 0 radical (unpaired) electrons. The van der Waals surface area contributed by atoms with Crippen molar-refractivity contribution >= 4 is 33.2 Å². The number of carbonyl (C=O) groups is 1. The molecule has 0 fully saturated rings. The molecule has 0 aliphatic heterocycles. The Morgan fingerprint density at radius 1 is 1.31 bits per heavy atom. The lowest BCUT2D eigenvalue weighted by Gasteiger charge is -2.09. The van der Waals surface area contributed by atoms with Gasteiger partial charge in [-0.2, -0.15) is 0 Å². The summed E-state index contributed by atoms with van der Waals surface area (Å²) in [5.74, 6) is 0.0121. The number of non-ortho nitro benzene ring substituents is 1. The molecule has 150 valence electrons. The second kappa shape index (κ2) is 8.12. The van der Waals surface area contributed by atoms with Gasteiger partial charge in [-0.25, -0.2) is 4.98 Å². The van der Waals surface area contributed by atoms with Gasteiger partial charge in [0.05, 0.1) is 16.7 Å². The van der Waals surface area contributed by atoms with Gasteiger partial charge < -0.3 is 9.72 Å². The molecule has 1 N–H and O–H groups in total. The average Bonchev–Trinajstić information content (AvgIpc) is 3.09.